The number of amides is 1. The molecule has 0 spiro atoms. The molecule has 4 nitrogen and oxygen atoms in total. The van der Waals surface area contributed by atoms with E-state index >= 15 is 0 Å². The summed E-state index contributed by atoms with van der Waals surface area (Å²) in [6, 6.07) is 4.36. The molecule has 0 atom stereocenters. The first-order valence-electron chi connectivity index (χ1n) is 6.99. The van der Waals surface area contributed by atoms with E-state index in [9.17, 15) is 9.18 Å². The molecule has 1 aromatic rings. The van der Waals surface area contributed by atoms with Crippen molar-refractivity contribution in [2.45, 2.75) is 12.8 Å². The molecule has 1 aliphatic rings. The lowest BCUT2D eigenvalue weighted by molar-refractivity contribution is 0.0511. The maximum Gasteiger partial charge on any atom is 0.254 e. The molecule has 7 heteroatoms. The van der Waals surface area contributed by atoms with Crippen LogP contribution in [0.15, 0.2) is 22.7 Å². The lowest BCUT2D eigenvalue weighted by atomic mass is 9.79. The van der Waals surface area contributed by atoms with Crippen molar-refractivity contribution in [3.63, 3.8) is 0 Å². The number of hydrogen-bond donors (Lipinski definition) is 2. The summed E-state index contributed by atoms with van der Waals surface area (Å²) in [5.41, 5.74) is -0.0103. The predicted octanol–water partition coefficient (Wildman–Crippen LogP) is 2.76. The lowest BCUT2D eigenvalue weighted by Crippen LogP contribution is -2.47. The smallest absolute Gasteiger partial charge is 0.254 e. The molecule has 2 N–H and O–H groups in total. The zero-order valence-electron chi connectivity index (χ0n) is 12.5. The second-order valence-electron chi connectivity index (χ2n) is 5.49. The summed E-state index contributed by atoms with van der Waals surface area (Å²) >= 11 is 3.25. The predicted molar refractivity (Wildman–Crippen MR) is 90.1 cm³/mol. The molecular formula is C15H21BrClFN2O2. The van der Waals surface area contributed by atoms with Gasteiger partial charge in [0, 0.05) is 23.5 Å². The van der Waals surface area contributed by atoms with Crippen LogP contribution in [0.4, 0.5) is 4.39 Å². The highest BCUT2D eigenvalue weighted by molar-refractivity contribution is 9.10. The quantitative estimate of drug-likeness (QED) is 0.806. The summed E-state index contributed by atoms with van der Waals surface area (Å²) in [6.45, 7) is 2.90. The van der Waals surface area contributed by atoms with Gasteiger partial charge in [-0.3, -0.25) is 4.79 Å². The van der Waals surface area contributed by atoms with Crippen molar-refractivity contribution in [3.8, 4) is 0 Å². The minimum atomic E-state index is -0.512. The first-order chi connectivity index (χ1) is 10.1. The number of rotatable bonds is 5. The highest BCUT2D eigenvalue weighted by atomic mass is 79.9. The molecule has 1 saturated heterocycles. The van der Waals surface area contributed by atoms with Gasteiger partial charge in [0.05, 0.1) is 12.2 Å². The van der Waals surface area contributed by atoms with Gasteiger partial charge in [-0.25, -0.2) is 4.39 Å². The summed E-state index contributed by atoms with van der Waals surface area (Å²) in [7, 11) is 1.67. The van der Waals surface area contributed by atoms with E-state index in [0.29, 0.717) is 17.6 Å². The fourth-order valence-corrected chi connectivity index (χ4v) is 3.03. The van der Waals surface area contributed by atoms with Crippen LogP contribution < -0.4 is 10.6 Å². The number of carbonyl (C=O) groups is 1. The Kier molecular flexibility index (Phi) is 7.76. The van der Waals surface area contributed by atoms with Gasteiger partial charge in [-0.15, -0.1) is 12.4 Å². The maximum atomic E-state index is 13.7. The first kappa shape index (κ1) is 19.4. The lowest BCUT2D eigenvalue weighted by Gasteiger charge is -2.37. The highest BCUT2D eigenvalue weighted by Crippen LogP contribution is 2.28. The van der Waals surface area contributed by atoms with Crippen molar-refractivity contribution in [2.24, 2.45) is 5.41 Å². The van der Waals surface area contributed by atoms with Crippen molar-refractivity contribution in [2.75, 3.05) is 33.4 Å². The Balaban J connectivity index is 0.00000242. The third-order valence-electron chi connectivity index (χ3n) is 3.91. The third kappa shape index (κ3) is 4.91. The van der Waals surface area contributed by atoms with E-state index in [1.54, 1.807) is 13.2 Å². The van der Waals surface area contributed by atoms with Crippen molar-refractivity contribution in [1.82, 2.24) is 10.6 Å². The zero-order chi connectivity index (χ0) is 15.3. The van der Waals surface area contributed by atoms with E-state index < -0.39 is 5.82 Å². The van der Waals surface area contributed by atoms with E-state index in [1.807, 2.05) is 0 Å². The van der Waals surface area contributed by atoms with Gasteiger partial charge in [0.15, 0.2) is 0 Å². The molecule has 22 heavy (non-hydrogen) atoms. The molecule has 1 heterocycles. The monoisotopic (exact) mass is 394 g/mol. The van der Waals surface area contributed by atoms with Crippen LogP contribution in [0.2, 0.25) is 0 Å². The summed E-state index contributed by atoms with van der Waals surface area (Å²) in [5.74, 6) is -0.899. The van der Waals surface area contributed by atoms with Gasteiger partial charge in [0.2, 0.25) is 0 Å². The number of halogens is 3. The first-order valence-corrected chi connectivity index (χ1v) is 7.78. The molecule has 1 fully saturated rings. The molecular weight excluding hydrogens is 375 g/mol. The van der Waals surface area contributed by atoms with Gasteiger partial charge in [-0.05, 0) is 44.1 Å². The molecule has 1 aromatic carbocycles. The molecule has 2 rings (SSSR count). The third-order valence-corrected chi connectivity index (χ3v) is 4.40. The van der Waals surface area contributed by atoms with Crippen molar-refractivity contribution >= 4 is 34.2 Å². The van der Waals surface area contributed by atoms with Crippen LogP contribution in [-0.2, 0) is 4.74 Å². The highest BCUT2D eigenvalue weighted by Gasteiger charge is 2.32. The van der Waals surface area contributed by atoms with Gasteiger partial charge >= 0.3 is 0 Å². The SMILES string of the molecule is COCC1(CNC(=O)c2cc(Br)ccc2F)CCNCC1.Cl. The molecule has 0 radical (unpaired) electrons. The molecule has 0 bridgehead atoms. The average molecular weight is 396 g/mol. The topological polar surface area (TPSA) is 50.4 Å². The van der Waals surface area contributed by atoms with Crippen LogP contribution in [0.25, 0.3) is 0 Å². The Morgan fingerprint density at radius 1 is 1.45 bits per heavy atom. The van der Waals surface area contributed by atoms with E-state index in [4.69, 9.17) is 4.74 Å². The Morgan fingerprint density at radius 2 is 2.14 bits per heavy atom. The van der Waals surface area contributed by atoms with Crippen molar-refractivity contribution < 1.29 is 13.9 Å². The second kappa shape index (κ2) is 8.82. The van der Waals surface area contributed by atoms with E-state index in [1.165, 1.54) is 12.1 Å². The number of ether oxygens (including phenoxy) is 1. The fourth-order valence-electron chi connectivity index (χ4n) is 2.67. The number of hydrogen-bond acceptors (Lipinski definition) is 3. The summed E-state index contributed by atoms with van der Waals surface area (Å²) in [6.07, 6.45) is 1.87. The maximum absolute atomic E-state index is 13.7. The van der Waals surface area contributed by atoms with Crippen molar-refractivity contribution in [3.05, 3.63) is 34.1 Å². The molecule has 0 aliphatic carbocycles. The fraction of sp³-hybridized carbons (Fsp3) is 0.533. The van der Waals surface area contributed by atoms with Crippen LogP contribution in [0, 0.1) is 11.2 Å². The van der Waals surface area contributed by atoms with E-state index in [-0.39, 0.29) is 29.3 Å². The number of methoxy groups -OCH3 is 1. The molecule has 124 valence electrons. The summed E-state index contributed by atoms with van der Waals surface area (Å²) in [5, 5.41) is 6.15. The Labute approximate surface area is 144 Å². The van der Waals surface area contributed by atoms with Gasteiger partial charge in [-0.1, -0.05) is 15.9 Å². The number of benzene rings is 1. The second-order valence-corrected chi connectivity index (χ2v) is 6.41. The van der Waals surface area contributed by atoms with Gasteiger partial charge in [-0.2, -0.15) is 0 Å². The van der Waals surface area contributed by atoms with Crippen LogP contribution in [0.5, 0.6) is 0 Å². The molecule has 0 unspecified atom stereocenters. The van der Waals surface area contributed by atoms with Crippen LogP contribution in [-0.4, -0.2) is 39.3 Å². The number of carbonyl (C=O) groups excluding carboxylic acids is 1. The van der Waals surface area contributed by atoms with Gasteiger partial charge < -0.3 is 15.4 Å². The van der Waals surface area contributed by atoms with Gasteiger partial charge in [0.1, 0.15) is 5.82 Å². The molecule has 0 saturated carbocycles. The summed E-state index contributed by atoms with van der Waals surface area (Å²) in [4.78, 5) is 12.2. The largest absolute Gasteiger partial charge is 0.384 e. The van der Waals surface area contributed by atoms with Crippen LogP contribution >= 0.6 is 28.3 Å². The van der Waals surface area contributed by atoms with Crippen molar-refractivity contribution in [1.29, 1.82) is 0 Å². The Morgan fingerprint density at radius 3 is 2.77 bits per heavy atom. The van der Waals surface area contributed by atoms with E-state index in [0.717, 1.165) is 25.9 Å². The van der Waals surface area contributed by atoms with Crippen LogP contribution in [0.3, 0.4) is 0 Å². The zero-order valence-corrected chi connectivity index (χ0v) is 14.9. The normalized spacial score (nSPS) is 16.7. The Hall–Kier alpha value is -0.690. The number of nitrogens with one attached hydrogen (secondary N) is 2. The minimum absolute atomic E-state index is 0. The molecule has 1 amide bonds. The standard InChI is InChI=1S/C15H20BrFN2O2.ClH/c1-21-10-15(4-6-18-7-5-15)9-19-14(20)12-8-11(16)2-3-13(12)17;/h2-3,8,18H,4-7,9-10H2,1H3,(H,19,20);1H. The Bertz CT molecular complexity index is 505. The molecule has 1 aliphatic heterocycles. The minimum Gasteiger partial charge on any atom is -0.384 e. The van der Waals surface area contributed by atoms with Crippen LogP contribution in [0.1, 0.15) is 23.2 Å². The summed E-state index contributed by atoms with van der Waals surface area (Å²) < 4.78 is 19.7. The van der Waals surface area contributed by atoms with Gasteiger partial charge in [0.25, 0.3) is 5.91 Å². The van der Waals surface area contributed by atoms with E-state index in [2.05, 4.69) is 26.6 Å². The average Bonchev–Trinajstić information content (AvgIpc) is 2.49. The molecule has 0 aromatic heterocycles. The number of piperidine rings is 1.